The molecule has 1 aromatic rings. The number of benzene rings is 1. The first kappa shape index (κ1) is 17.1. The van der Waals surface area contributed by atoms with Crippen molar-refractivity contribution in [1.29, 1.82) is 0 Å². The maximum absolute atomic E-state index is 6.41. The fraction of sp³-hybridized carbons (Fsp3) is 0.647. The van der Waals surface area contributed by atoms with E-state index in [1.807, 2.05) is 12.1 Å². The molecule has 21 heavy (non-hydrogen) atoms. The SMILES string of the molecule is CCCN(CC1CCNCC1)C(C)c1cccc(Cl)c1Cl. The Kier molecular flexibility index (Phi) is 6.81. The van der Waals surface area contributed by atoms with Crippen molar-refractivity contribution < 1.29 is 0 Å². The van der Waals surface area contributed by atoms with Crippen LogP contribution in [-0.2, 0) is 0 Å². The molecule has 0 amide bonds. The third kappa shape index (κ3) is 4.59. The summed E-state index contributed by atoms with van der Waals surface area (Å²) in [4.78, 5) is 2.56. The number of piperidine rings is 1. The summed E-state index contributed by atoms with van der Waals surface area (Å²) < 4.78 is 0. The molecule has 1 aromatic carbocycles. The highest BCUT2D eigenvalue weighted by molar-refractivity contribution is 6.42. The monoisotopic (exact) mass is 328 g/mol. The summed E-state index contributed by atoms with van der Waals surface area (Å²) in [6, 6.07) is 6.27. The predicted octanol–water partition coefficient (Wildman–Crippen LogP) is 4.77. The summed E-state index contributed by atoms with van der Waals surface area (Å²) >= 11 is 12.6. The molecule has 2 rings (SSSR count). The van der Waals surface area contributed by atoms with Crippen LogP contribution in [-0.4, -0.2) is 31.1 Å². The van der Waals surface area contributed by atoms with E-state index in [-0.39, 0.29) is 0 Å². The van der Waals surface area contributed by atoms with E-state index in [4.69, 9.17) is 23.2 Å². The van der Waals surface area contributed by atoms with Crippen molar-refractivity contribution in [2.24, 2.45) is 5.92 Å². The molecule has 0 saturated carbocycles. The first-order chi connectivity index (χ1) is 10.1. The Labute approximate surface area is 138 Å². The lowest BCUT2D eigenvalue weighted by Crippen LogP contribution is -2.37. The van der Waals surface area contributed by atoms with Crippen LogP contribution in [0.15, 0.2) is 18.2 Å². The number of hydrogen-bond acceptors (Lipinski definition) is 2. The molecule has 4 heteroatoms. The van der Waals surface area contributed by atoms with Gasteiger partial charge in [-0.2, -0.15) is 0 Å². The number of halogens is 2. The van der Waals surface area contributed by atoms with Gasteiger partial charge in [-0.25, -0.2) is 0 Å². The Hall–Kier alpha value is -0.280. The van der Waals surface area contributed by atoms with Crippen LogP contribution in [0.1, 0.15) is 44.7 Å². The quantitative estimate of drug-likeness (QED) is 0.809. The molecule has 0 radical (unpaired) electrons. The topological polar surface area (TPSA) is 15.3 Å². The van der Waals surface area contributed by atoms with E-state index in [2.05, 4.69) is 30.1 Å². The van der Waals surface area contributed by atoms with Crippen molar-refractivity contribution in [2.75, 3.05) is 26.2 Å². The maximum atomic E-state index is 6.41. The third-order valence-electron chi connectivity index (χ3n) is 4.44. The lowest BCUT2D eigenvalue weighted by Gasteiger charge is -2.34. The van der Waals surface area contributed by atoms with Crippen LogP contribution < -0.4 is 5.32 Å². The maximum Gasteiger partial charge on any atom is 0.0640 e. The van der Waals surface area contributed by atoms with Gasteiger partial charge in [0.1, 0.15) is 0 Å². The van der Waals surface area contributed by atoms with Gasteiger partial charge in [0.05, 0.1) is 10.0 Å². The largest absolute Gasteiger partial charge is 0.317 e. The summed E-state index contributed by atoms with van der Waals surface area (Å²) in [5.74, 6) is 0.790. The predicted molar refractivity (Wildman–Crippen MR) is 92.3 cm³/mol. The van der Waals surface area contributed by atoms with Gasteiger partial charge >= 0.3 is 0 Å². The molecule has 2 nitrogen and oxygen atoms in total. The second kappa shape index (κ2) is 8.38. The summed E-state index contributed by atoms with van der Waals surface area (Å²) in [5.41, 5.74) is 1.14. The van der Waals surface area contributed by atoms with Gasteiger partial charge in [-0.05, 0) is 63.4 Å². The van der Waals surface area contributed by atoms with Crippen LogP contribution >= 0.6 is 23.2 Å². The molecule has 0 spiro atoms. The highest BCUT2D eigenvalue weighted by Crippen LogP contribution is 2.33. The van der Waals surface area contributed by atoms with Crippen molar-refractivity contribution in [3.63, 3.8) is 0 Å². The fourth-order valence-corrected chi connectivity index (χ4v) is 3.63. The van der Waals surface area contributed by atoms with Crippen LogP contribution in [0.3, 0.4) is 0 Å². The summed E-state index contributed by atoms with van der Waals surface area (Å²) in [6.45, 7) is 9.04. The number of hydrogen-bond donors (Lipinski definition) is 1. The smallest absolute Gasteiger partial charge is 0.0640 e. The zero-order valence-electron chi connectivity index (χ0n) is 13.0. The van der Waals surface area contributed by atoms with Gasteiger partial charge in [0.15, 0.2) is 0 Å². The molecule has 0 aromatic heterocycles. The molecule has 1 fully saturated rings. The minimum Gasteiger partial charge on any atom is -0.317 e. The van der Waals surface area contributed by atoms with Crippen LogP contribution in [0, 0.1) is 5.92 Å². The minimum atomic E-state index is 0.311. The van der Waals surface area contributed by atoms with E-state index < -0.39 is 0 Å². The van der Waals surface area contributed by atoms with E-state index >= 15 is 0 Å². The Bertz CT molecular complexity index is 444. The molecule has 1 N–H and O–H groups in total. The molecule has 0 aliphatic carbocycles. The Morgan fingerprint density at radius 3 is 2.67 bits per heavy atom. The van der Waals surface area contributed by atoms with Crippen LogP contribution in [0.25, 0.3) is 0 Å². The highest BCUT2D eigenvalue weighted by atomic mass is 35.5. The second-order valence-corrected chi connectivity index (χ2v) is 6.79. The molecule has 1 aliphatic heterocycles. The van der Waals surface area contributed by atoms with Gasteiger partial charge in [0.2, 0.25) is 0 Å². The van der Waals surface area contributed by atoms with Crippen LogP contribution in [0.4, 0.5) is 0 Å². The Morgan fingerprint density at radius 1 is 1.29 bits per heavy atom. The van der Waals surface area contributed by atoms with E-state index in [1.165, 1.54) is 12.8 Å². The van der Waals surface area contributed by atoms with Crippen molar-refractivity contribution in [3.8, 4) is 0 Å². The zero-order chi connectivity index (χ0) is 15.2. The van der Waals surface area contributed by atoms with Crippen molar-refractivity contribution in [3.05, 3.63) is 33.8 Å². The van der Waals surface area contributed by atoms with Gasteiger partial charge < -0.3 is 5.32 Å². The second-order valence-electron chi connectivity index (χ2n) is 6.01. The average Bonchev–Trinajstić information content (AvgIpc) is 2.50. The molecular weight excluding hydrogens is 303 g/mol. The lowest BCUT2D eigenvalue weighted by atomic mass is 9.96. The summed E-state index contributed by atoms with van der Waals surface area (Å²) in [6.07, 6.45) is 3.71. The summed E-state index contributed by atoms with van der Waals surface area (Å²) in [7, 11) is 0. The van der Waals surface area contributed by atoms with E-state index in [0.717, 1.165) is 44.1 Å². The number of nitrogens with zero attached hydrogens (tertiary/aromatic N) is 1. The van der Waals surface area contributed by atoms with E-state index in [0.29, 0.717) is 16.1 Å². The first-order valence-corrected chi connectivity index (χ1v) is 8.77. The van der Waals surface area contributed by atoms with E-state index in [1.54, 1.807) is 0 Å². The molecule has 1 atom stereocenters. The fourth-order valence-electron chi connectivity index (χ4n) is 3.17. The highest BCUT2D eigenvalue weighted by Gasteiger charge is 2.23. The molecule has 0 bridgehead atoms. The van der Waals surface area contributed by atoms with E-state index in [9.17, 15) is 0 Å². The molecule has 1 heterocycles. The molecule has 1 aliphatic rings. The molecule has 1 unspecified atom stereocenters. The van der Waals surface area contributed by atoms with Gasteiger partial charge in [0, 0.05) is 12.6 Å². The molecule has 1 saturated heterocycles. The van der Waals surface area contributed by atoms with Crippen molar-refractivity contribution in [2.45, 2.75) is 39.2 Å². The standard InChI is InChI=1S/C17H26Cl2N2/c1-3-11-21(12-14-7-9-20-10-8-14)13(2)15-5-4-6-16(18)17(15)19/h4-6,13-14,20H,3,7-12H2,1-2H3. The molecular formula is C17H26Cl2N2. The van der Waals surface area contributed by atoms with Crippen molar-refractivity contribution in [1.82, 2.24) is 10.2 Å². The lowest BCUT2D eigenvalue weighted by molar-refractivity contribution is 0.161. The van der Waals surface area contributed by atoms with Gasteiger partial charge in [-0.15, -0.1) is 0 Å². The average molecular weight is 329 g/mol. The molecule has 118 valence electrons. The Morgan fingerprint density at radius 2 is 2.00 bits per heavy atom. The zero-order valence-corrected chi connectivity index (χ0v) is 14.6. The minimum absolute atomic E-state index is 0.311. The van der Waals surface area contributed by atoms with Gasteiger partial charge in [0.25, 0.3) is 0 Å². The van der Waals surface area contributed by atoms with Crippen molar-refractivity contribution >= 4 is 23.2 Å². The van der Waals surface area contributed by atoms with Crippen LogP contribution in [0.2, 0.25) is 10.0 Å². The number of rotatable bonds is 6. The number of nitrogens with one attached hydrogen (secondary N) is 1. The first-order valence-electron chi connectivity index (χ1n) is 8.02. The summed E-state index contributed by atoms with van der Waals surface area (Å²) in [5, 5.41) is 4.80. The van der Waals surface area contributed by atoms with Gasteiger partial charge in [-0.1, -0.05) is 42.3 Å². The normalized spacial score (nSPS) is 18.1. The van der Waals surface area contributed by atoms with Gasteiger partial charge in [-0.3, -0.25) is 4.90 Å². The Balaban J connectivity index is 2.10. The third-order valence-corrected chi connectivity index (χ3v) is 5.28. The van der Waals surface area contributed by atoms with Crippen LogP contribution in [0.5, 0.6) is 0 Å².